The Labute approximate surface area is 114 Å². The van der Waals surface area contributed by atoms with Crippen LogP contribution in [0.25, 0.3) is 0 Å². The molecule has 0 spiro atoms. The summed E-state index contributed by atoms with van der Waals surface area (Å²) in [4.78, 5) is 2.67. The number of hydrogen-bond acceptors (Lipinski definition) is 3. The Bertz CT molecular complexity index is 447. The normalized spacial score (nSPS) is 19.9. The van der Waals surface area contributed by atoms with Gasteiger partial charge in [0.25, 0.3) is 0 Å². The van der Waals surface area contributed by atoms with Gasteiger partial charge in [0, 0.05) is 17.8 Å². The summed E-state index contributed by atoms with van der Waals surface area (Å²) in [6, 6.07) is 6.35. The first-order chi connectivity index (χ1) is 8.63. The molecule has 1 saturated heterocycles. The summed E-state index contributed by atoms with van der Waals surface area (Å²) in [5, 5.41) is 9.50. The van der Waals surface area contributed by atoms with Gasteiger partial charge >= 0.3 is 0 Å². The first-order valence-corrected chi connectivity index (χ1v) is 6.82. The van der Waals surface area contributed by atoms with Crippen molar-refractivity contribution in [2.45, 2.75) is 32.2 Å². The van der Waals surface area contributed by atoms with Crippen molar-refractivity contribution in [1.82, 2.24) is 0 Å². The molecule has 1 aliphatic rings. The van der Waals surface area contributed by atoms with E-state index in [9.17, 15) is 5.11 Å². The van der Waals surface area contributed by atoms with Gasteiger partial charge in [-0.25, -0.2) is 0 Å². The maximum atomic E-state index is 9.50. The van der Waals surface area contributed by atoms with E-state index < -0.39 is 0 Å². The summed E-state index contributed by atoms with van der Waals surface area (Å²) in [6.45, 7) is 3.18. The highest BCUT2D eigenvalue weighted by Crippen LogP contribution is 2.28. The fourth-order valence-corrected chi connectivity index (χ4v) is 2.77. The first-order valence-electron chi connectivity index (χ1n) is 6.41. The third-order valence-electron chi connectivity index (χ3n) is 3.56. The number of aryl methyl sites for hydroxylation is 1. The highest BCUT2D eigenvalue weighted by Gasteiger charge is 2.24. The molecule has 4 heteroatoms. The van der Waals surface area contributed by atoms with Gasteiger partial charge in [0.05, 0.1) is 12.6 Å². The van der Waals surface area contributed by atoms with Crippen molar-refractivity contribution in [1.29, 1.82) is 0 Å². The molecule has 18 heavy (non-hydrogen) atoms. The molecule has 1 heterocycles. The Hall–Kier alpha value is -1.13. The average Bonchev–Trinajstić information content (AvgIpc) is 2.38. The Morgan fingerprint density at radius 3 is 2.94 bits per heavy atom. The number of anilines is 1. The van der Waals surface area contributed by atoms with Crippen LogP contribution in [0.2, 0.25) is 0 Å². The summed E-state index contributed by atoms with van der Waals surface area (Å²) in [7, 11) is 0. The minimum atomic E-state index is 0.185. The van der Waals surface area contributed by atoms with Crippen molar-refractivity contribution in [3.63, 3.8) is 0 Å². The van der Waals surface area contributed by atoms with E-state index in [1.165, 1.54) is 6.42 Å². The maximum Gasteiger partial charge on any atom is 0.106 e. The van der Waals surface area contributed by atoms with Crippen molar-refractivity contribution in [3.05, 3.63) is 29.3 Å². The Kier molecular flexibility index (Phi) is 4.19. The lowest BCUT2D eigenvalue weighted by Crippen LogP contribution is -2.42. The van der Waals surface area contributed by atoms with E-state index in [0.717, 1.165) is 36.2 Å². The number of hydrogen-bond donors (Lipinski definition) is 2. The molecule has 0 aliphatic carbocycles. The van der Waals surface area contributed by atoms with Crippen molar-refractivity contribution < 1.29 is 5.11 Å². The standard InChI is InChI=1S/C14H20N2OS/c1-10-5-6-13(12(8-10)14(15)18)16-7-3-2-4-11(16)9-17/h5-6,8,11,17H,2-4,7,9H2,1H3,(H2,15,18). The third-order valence-corrected chi connectivity index (χ3v) is 3.78. The minimum absolute atomic E-state index is 0.185. The van der Waals surface area contributed by atoms with Crippen LogP contribution in [-0.4, -0.2) is 29.3 Å². The molecule has 0 aromatic heterocycles. The highest BCUT2D eigenvalue weighted by molar-refractivity contribution is 7.80. The quantitative estimate of drug-likeness (QED) is 0.820. The van der Waals surface area contributed by atoms with Crippen LogP contribution in [-0.2, 0) is 0 Å². The second kappa shape index (κ2) is 5.67. The summed E-state index contributed by atoms with van der Waals surface area (Å²) in [5.41, 5.74) is 8.95. The third kappa shape index (κ3) is 2.65. The van der Waals surface area contributed by atoms with E-state index in [-0.39, 0.29) is 12.6 Å². The molecule has 1 atom stereocenters. The molecule has 1 aromatic carbocycles. The fraction of sp³-hybridized carbons (Fsp3) is 0.500. The molecule has 1 aromatic rings. The Morgan fingerprint density at radius 2 is 2.28 bits per heavy atom. The van der Waals surface area contributed by atoms with Crippen LogP contribution in [0.3, 0.4) is 0 Å². The molecular formula is C14H20N2OS. The number of nitrogens with two attached hydrogens (primary N) is 1. The van der Waals surface area contributed by atoms with Gasteiger partial charge in [-0.3, -0.25) is 0 Å². The summed E-state index contributed by atoms with van der Waals surface area (Å²) in [6.07, 6.45) is 3.36. The largest absolute Gasteiger partial charge is 0.394 e. The number of rotatable bonds is 3. The molecule has 0 radical (unpaired) electrons. The second-order valence-corrected chi connectivity index (χ2v) is 5.35. The predicted molar refractivity (Wildman–Crippen MR) is 79.1 cm³/mol. The van der Waals surface area contributed by atoms with E-state index in [1.807, 2.05) is 13.0 Å². The highest BCUT2D eigenvalue weighted by atomic mass is 32.1. The molecule has 3 nitrogen and oxygen atoms in total. The number of aliphatic hydroxyl groups excluding tert-OH is 1. The van der Waals surface area contributed by atoms with Crippen LogP contribution in [0.5, 0.6) is 0 Å². The summed E-state index contributed by atoms with van der Waals surface area (Å²) in [5.74, 6) is 0. The fourth-order valence-electron chi connectivity index (χ4n) is 2.61. The molecule has 1 fully saturated rings. The van der Waals surface area contributed by atoms with Crippen LogP contribution in [0.1, 0.15) is 30.4 Å². The van der Waals surface area contributed by atoms with Gasteiger partial charge in [-0.1, -0.05) is 23.8 Å². The molecule has 0 amide bonds. The van der Waals surface area contributed by atoms with Crippen molar-refractivity contribution in [2.75, 3.05) is 18.1 Å². The topological polar surface area (TPSA) is 49.5 Å². The number of aliphatic hydroxyl groups is 1. The van der Waals surface area contributed by atoms with Gasteiger partial charge in [0.1, 0.15) is 4.99 Å². The lowest BCUT2D eigenvalue weighted by atomic mass is 9.99. The van der Waals surface area contributed by atoms with E-state index in [1.54, 1.807) is 0 Å². The summed E-state index contributed by atoms with van der Waals surface area (Å²) < 4.78 is 0. The number of piperidine rings is 1. The van der Waals surface area contributed by atoms with E-state index in [2.05, 4.69) is 17.0 Å². The lowest BCUT2D eigenvalue weighted by molar-refractivity contribution is 0.240. The van der Waals surface area contributed by atoms with Gasteiger partial charge in [0.2, 0.25) is 0 Å². The van der Waals surface area contributed by atoms with E-state index in [0.29, 0.717) is 4.99 Å². The molecule has 98 valence electrons. The van der Waals surface area contributed by atoms with E-state index >= 15 is 0 Å². The van der Waals surface area contributed by atoms with Gasteiger partial charge < -0.3 is 15.7 Å². The molecule has 3 N–H and O–H groups in total. The van der Waals surface area contributed by atoms with Crippen LogP contribution in [0, 0.1) is 6.92 Å². The maximum absolute atomic E-state index is 9.50. The van der Waals surface area contributed by atoms with Gasteiger partial charge in [0.15, 0.2) is 0 Å². The van der Waals surface area contributed by atoms with E-state index in [4.69, 9.17) is 18.0 Å². The Morgan fingerprint density at radius 1 is 1.50 bits per heavy atom. The van der Waals surface area contributed by atoms with Crippen LogP contribution < -0.4 is 10.6 Å². The van der Waals surface area contributed by atoms with Crippen LogP contribution >= 0.6 is 12.2 Å². The number of benzene rings is 1. The molecule has 1 unspecified atom stereocenters. The molecule has 0 saturated carbocycles. The predicted octanol–water partition coefficient (Wildman–Crippen LogP) is 1.98. The van der Waals surface area contributed by atoms with Crippen molar-refractivity contribution >= 4 is 22.9 Å². The SMILES string of the molecule is Cc1ccc(N2CCCCC2CO)c(C(N)=S)c1. The van der Waals surface area contributed by atoms with Gasteiger partial charge in [-0.05, 0) is 38.3 Å². The molecule has 1 aliphatic heterocycles. The first kappa shape index (κ1) is 13.3. The lowest BCUT2D eigenvalue weighted by Gasteiger charge is -2.37. The smallest absolute Gasteiger partial charge is 0.106 e. The number of nitrogens with zero attached hydrogens (tertiary/aromatic N) is 1. The molecule has 0 bridgehead atoms. The van der Waals surface area contributed by atoms with Gasteiger partial charge in [-0.2, -0.15) is 0 Å². The monoisotopic (exact) mass is 264 g/mol. The summed E-state index contributed by atoms with van der Waals surface area (Å²) >= 11 is 5.14. The molecular weight excluding hydrogens is 244 g/mol. The second-order valence-electron chi connectivity index (χ2n) is 4.91. The minimum Gasteiger partial charge on any atom is -0.394 e. The number of thiocarbonyl (C=S) groups is 1. The molecule has 2 rings (SSSR count). The van der Waals surface area contributed by atoms with Crippen LogP contribution in [0.4, 0.5) is 5.69 Å². The van der Waals surface area contributed by atoms with Crippen molar-refractivity contribution in [2.24, 2.45) is 5.73 Å². The van der Waals surface area contributed by atoms with Gasteiger partial charge in [-0.15, -0.1) is 0 Å². The zero-order valence-electron chi connectivity index (χ0n) is 10.7. The Balaban J connectivity index is 2.39. The zero-order valence-corrected chi connectivity index (χ0v) is 11.5. The van der Waals surface area contributed by atoms with Crippen molar-refractivity contribution in [3.8, 4) is 0 Å². The zero-order chi connectivity index (χ0) is 13.1. The van der Waals surface area contributed by atoms with Crippen LogP contribution in [0.15, 0.2) is 18.2 Å². The average molecular weight is 264 g/mol.